The molecular weight excluding hydrogens is 358 g/mol. The smallest absolute Gasteiger partial charge is 0.274 e. The highest BCUT2D eigenvalue weighted by Crippen LogP contribution is 2.26. The van der Waals surface area contributed by atoms with Crippen molar-refractivity contribution in [1.82, 2.24) is 20.2 Å². The molecular formula is C20H19N5O3. The number of carbonyl (C=O) groups is 3. The molecule has 4 rings (SSSR count). The van der Waals surface area contributed by atoms with Gasteiger partial charge in [-0.3, -0.25) is 24.7 Å². The van der Waals surface area contributed by atoms with Crippen molar-refractivity contribution in [3.05, 3.63) is 53.6 Å². The molecule has 28 heavy (non-hydrogen) atoms. The predicted octanol–water partition coefficient (Wildman–Crippen LogP) is 1.40. The van der Waals surface area contributed by atoms with Crippen LogP contribution in [0.2, 0.25) is 0 Å². The Morgan fingerprint density at radius 1 is 1.11 bits per heavy atom. The van der Waals surface area contributed by atoms with Crippen LogP contribution in [0.1, 0.15) is 18.5 Å². The van der Waals surface area contributed by atoms with Crippen molar-refractivity contribution in [1.29, 1.82) is 0 Å². The minimum Gasteiger partial charge on any atom is -0.357 e. The number of nitrogens with zero attached hydrogens (tertiary/aromatic N) is 3. The first-order chi connectivity index (χ1) is 13.5. The second-order valence-electron chi connectivity index (χ2n) is 6.80. The van der Waals surface area contributed by atoms with Crippen molar-refractivity contribution >= 4 is 23.5 Å². The number of hydrogen-bond donors (Lipinski definition) is 2. The van der Waals surface area contributed by atoms with Gasteiger partial charge in [0.2, 0.25) is 5.91 Å². The zero-order valence-electron chi connectivity index (χ0n) is 15.4. The SMILES string of the molecule is Cc1ccc(-c2ccc(NC(=O)CN3CCCC4=C3C(=O)NC4=O)nc2)cn1. The van der Waals surface area contributed by atoms with Gasteiger partial charge in [-0.25, -0.2) is 4.98 Å². The third-order valence-electron chi connectivity index (χ3n) is 4.78. The lowest BCUT2D eigenvalue weighted by Gasteiger charge is -2.27. The maximum atomic E-state index is 12.4. The van der Waals surface area contributed by atoms with E-state index in [2.05, 4.69) is 20.6 Å². The highest BCUT2D eigenvalue weighted by Gasteiger charge is 2.36. The van der Waals surface area contributed by atoms with E-state index >= 15 is 0 Å². The number of aromatic nitrogens is 2. The molecule has 2 aromatic heterocycles. The van der Waals surface area contributed by atoms with Gasteiger partial charge >= 0.3 is 0 Å². The van der Waals surface area contributed by atoms with Gasteiger partial charge in [0.1, 0.15) is 11.5 Å². The minimum atomic E-state index is -0.429. The van der Waals surface area contributed by atoms with E-state index in [0.717, 1.165) is 23.2 Å². The Morgan fingerprint density at radius 3 is 2.54 bits per heavy atom. The minimum absolute atomic E-state index is 0.00908. The quantitative estimate of drug-likeness (QED) is 0.781. The second kappa shape index (κ2) is 7.22. The molecule has 0 aliphatic carbocycles. The molecule has 2 aliphatic heterocycles. The third-order valence-corrected chi connectivity index (χ3v) is 4.78. The van der Waals surface area contributed by atoms with Crippen molar-refractivity contribution in [3.8, 4) is 11.1 Å². The molecule has 2 aromatic rings. The molecule has 8 nitrogen and oxygen atoms in total. The maximum absolute atomic E-state index is 12.4. The van der Waals surface area contributed by atoms with Crippen molar-refractivity contribution in [2.45, 2.75) is 19.8 Å². The number of nitrogens with one attached hydrogen (secondary N) is 2. The van der Waals surface area contributed by atoms with Gasteiger partial charge in [0, 0.05) is 41.3 Å². The normalized spacial score (nSPS) is 16.1. The second-order valence-corrected chi connectivity index (χ2v) is 6.80. The van der Waals surface area contributed by atoms with E-state index in [-0.39, 0.29) is 18.4 Å². The molecule has 0 aromatic carbocycles. The molecule has 0 radical (unpaired) electrons. The molecule has 142 valence electrons. The Balaban J connectivity index is 1.42. The van der Waals surface area contributed by atoms with E-state index in [1.54, 1.807) is 23.4 Å². The lowest BCUT2D eigenvalue weighted by atomic mass is 10.0. The van der Waals surface area contributed by atoms with E-state index in [1.807, 2.05) is 25.1 Å². The van der Waals surface area contributed by atoms with Crippen LogP contribution < -0.4 is 10.6 Å². The first kappa shape index (κ1) is 17.8. The number of imide groups is 1. The Kier molecular flexibility index (Phi) is 4.60. The number of amides is 3. The maximum Gasteiger partial charge on any atom is 0.274 e. The monoisotopic (exact) mass is 377 g/mol. The summed E-state index contributed by atoms with van der Waals surface area (Å²) < 4.78 is 0. The molecule has 8 heteroatoms. The van der Waals surface area contributed by atoms with Crippen LogP contribution in [0.25, 0.3) is 11.1 Å². The van der Waals surface area contributed by atoms with Gasteiger partial charge in [-0.15, -0.1) is 0 Å². The predicted molar refractivity (Wildman–Crippen MR) is 102 cm³/mol. The number of rotatable bonds is 4. The first-order valence-electron chi connectivity index (χ1n) is 9.04. The number of anilines is 1. The lowest BCUT2D eigenvalue weighted by Crippen LogP contribution is -2.38. The summed E-state index contributed by atoms with van der Waals surface area (Å²) in [6, 6.07) is 7.48. The largest absolute Gasteiger partial charge is 0.357 e. The van der Waals surface area contributed by atoms with Crippen LogP contribution in [0.5, 0.6) is 0 Å². The summed E-state index contributed by atoms with van der Waals surface area (Å²) in [5.41, 5.74) is 3.58. The average molecular weight is 377 g/mol. The molecule has 0 saturated heterocycles. The van der Waals surface area contributed by atoms with E-state index in [1.165, 1.54) is 0 Å². The van der Waals surface area contributed by atoms with Crippen LogP contribution in [0, 0.1) is 6.92 Å². The molecule has 0 saturated carbocycles. The average Bonchev–Trinajstić information content (AvgIpc) is 2.98. The number of carbonyl (C=O) groups excluding carboxylic acids is 3. The Labute approximate surface area is 161 Å². The van der Waals surface area contributed by atoms with E-state index < -0.39 is 5.91 Å². The molecule has 2 N–H and O–H groups in total. The Hall–Kier alpha value is -3.55. The molecule has 3 amide bonds. The van der Waals surface area contributed by atoms with Gasteiger partial charge in [0.15, 0.2) is 0 Å². The highest BCUT2D eigenvalue weighted by molar-refractivity contribution is 6.19. The summed E-state index contributed by atoms with van der Waals surface area (Å²) in [6.45, 7) is 2.47. The van der Waals surface area contributed by atoms with E-state index in [9.17, 15) is 14.4 Å². The summed E-state index contributed by atoms with van der Waals surface area (Å²) in [7, 11) is 0. The molecule has 0 unspecified atom stereocenters. The number of aryl methyl sites for hydroxylation is 1. The molecule has 0 bridgehead atoms. The van der Waals surface area contributed by atoms with Gasteiger partial charge in [0.05, 0.1) is 6.54 Å². The van der Waals surface area contributed by atoms with E-state index in [4.69, 9.17) is 0 Å². The van der Waals surface area contributed by atoms with Crippen LogP contribution in [-0.2, 0) is 14.4 Å². The number of pyridine rings is 2. The fourth-order valence-corrected chi connectivity index (χ4v) is 3.40. The first-order valence-corrected chi connectivity index (χ1v) is 9.04. The van der Waals surface area contributed by atoms with Crippen molar-refractivity contribution in [2.24, 2.45) is 0 Å². The van der Waals surface area contributed by atoms with E-state index in [0.29, 0.717) is 30.1 Å². The Morgan fingerprint density at radius 2 is 1.86 bits per heavy atom. The third kappa shape index (κ3) is 3.48. The highest BCUT2D eigenvalue weighted by atomic mass is 16.2. The van der Waals surface area contributed by atoms with Gasteiger partial charge in [0.25, 0.3) is 11.8 Å². The summed E-state index contributed by atoms with van der Waals surface area (Å²) in [5.74, 6) is -0.653. The summed E-state index contributed by atoms with van der Waals surface area (Å²) in [5, 5.41) is 5.03. The van der Waals surface area contributed by atoms with Gasteiger partial charge in [-0.1, -0.05) is 6.07 Å². The molecule has 2 aliphatic rings. The zero-order chi connectivity index (χ0) is 19.7. The van der Waals surface area contributed by atoms with Crippen LogP contribution in [0.3, 0.4) is 0 Å². The van der Waals surface area contributed by atoms with Crippen LogP contribution in [0.15, 0.2) is 47.9 Å². The van der Waals surface area contributed by atoms with Crippen LogP contribution >= 0.6 is 0 Å². The number of hydrogen-bond acceptors (Lipinski definition) is 6. The fraction of sp³-hybridized carbons (Fsp3) is 0.250. The molecule has 4 heterocycles. The molecule has 0 atom stereocenters. The fourth-order valence-electron chi connectivity index (χ4n) is 3.40. The Bertz CT molecular complexity index is 980. The zero-order valence-corrected chi connectivity index (χ0v) is 15.4. The van der Waals surface area contributed by atoms with Gasteiger partial charge in [-0.2, -0.15) is 0 Å². The van der Waals surface area contributed by atoms with Crippen molar-refractivity contribution < 1.29 is 14.4 Å². The summed E-state index contributed by atoms with van der Waals surface area (Å²) >= 11 is 0. The standard InChI is InChI=1S/C20H19N5O3/c1-12-4-5-13(9-21-12)14-6-7-16(22-10-14)23-17(26)11-25-8-2-3-15-18(25)20(28)24-19(15)27/h4-7,9-10H,2-3,8,11H2,1H3,(H,22,23,26)(H,24,27,28). The van der Waals surface area contributed by atoms with Crippen LogP contribution in [0.4, 0.5) is 5.82 Å². The van der Waals surface area contributed by atoms with Gasteiger partial charge in [-0.05, 0) is 38.0 Å². The topological polar surface area (TPSA) is 104 Å². The van der Waals surface area contributed by atoms with Crippen LogP contribution in [-0.4, -0.2) is 45.7 Å². The van der Waals surface area contributed by atoms with Crippen molar-refractivity contribution in [3.63, 3.8) is 0 Å². The molecule has 0 fully saturated rings. The molecule has 0 spiro atoms. The summed E-state index contributed by atoms with van der Waals surface area (Å²) in [6.07, 6.45) is 4.74. The lowest BCUT2D eigenvalue weighted by molar-refractivity contribution is -0.124. The van der Waals surface area contributed by atoms with Gasteiger partial charge < -0.3 is 10.2 Å². The van der Waals surface area contributed by atoms with Crippen molar-refractivity contribution in [2.75, 3.05) is 18.4 Å². The summed E-state index contributed by atoms with van der Waals surface area (Å²) in [4.78, 5) is 46.4.